The van der Waals surface area contributed by atoms with Crippen molar-refractivity contribution in [1.29, 1.82) is 0 Å². The van der Waals surface area contributed by atoms with Crippen molar-refractivity contribution in [3.8, 4) is 11.5 Å². The number of rotatable bonds is 8. The number of amides is 1. The Morgan fingerprint density at radius 1 is 1.12 bits per heavy atom. The number of hydrogen-bond acceptors (Lipinski definition) is 8. The molecule has 0 aliphatic heterocycles. The number of methoxy groups -OCH3 is 2. The topological polar surface area (TPSA) is 124 Å². The molecule has 0 fully saturated rings. The third-order valence-electron chi connectivity index (χ3n) is 4.48. The van der Waals surface area contributed by atoms with E-state index in [1.165, 1.54) is 32.6 Å². The first kappa shape index (κ1) is 24.7. The van der Waals surface area contributed by atoms with Gasteiger partial charge in [-0.15, -0.1) is 0 Å². The second-order valence-corrected chi connectivity index (χ2v) is 8.66. The van der Waals surface area contributed by atoms with E-state index < -0.39 is 28.6 Å². The number of sulfonamides is 1. The van der Waals surface area contributed by atoms with E-state index in [0.29, 0.717) is 11.3 Å². The molecule has 0 bridgehead atoms. The van der Waals surface area contributed by atoms with Crippen molar-refractivity contribution < 1.29 is 32.2 Å². The van der Waals surface area contributed by atoms with Crippen molar-refractivity contribution in [3.63, 3.8) is 0 Å². The maximum atomic E-state index is 12.4. The van der Waals surface area contributed by atoms with Gasteiger partial charge in [0.2, 0.25) is 10.0 Å². The lowest BCUT2D eigenvalue weighted by atomic mass is 10.1. The highest BCUT2D eigenvalue weighted by Crippen LogP contribution is 2.28. The number of nitrogens with zero attached hydrogens (tertiary/aromatic N) is 2. The first-order chi connectivity index (χ1) is 15.1. The van der Waals surface area contributed by atoms with E-state index in [4.69, 9.17) is 9.47 Å². The zero-order chi connectivity index (χ0) is 23.9. The van der Waals surface area contributed by atoms with Crippen LogP contribution in [0.3, 0.4) is 0 Å². The van der Waals surface area contributed by atoms with Crippen molar-refractivity contribution >= 4 is 34.0 Å². The maximum Gasteiger partial charge on any atom is 0.513 e. The quantitative estimate of drug-likeness (QED) is 0.276. The number of aryl methyl sites for hydroxylation is 1. The van der Waals surface area contributed by atoms with E-state index in [1.807, 2.05) is 13.0 Å². The molecule has 1 amide bonds. The number of ether oxygens (including phenoxy) is 3. The van der Waals surface area contributed by atoms with Crippen molar-refractivity contribution in [3.05, 3.63) is 53.1 Å². The van der Waals surface area contributed by atoms with Crippen LogP contribution in [0.25, 0.3) is 0 Å². The van der Waals surface area contributed by atoms with Gasteiger partial charge in [-0.25, -0.2) is 18.6 Å². The van der Waals surface area contributed by atoms with Gasteiger partial charge >= 0.3 is 6.16 Å². The highest BCUT2D eigenvalue weighted by Gasteiger charge is 2.22. The fraction of sp³-hybridized carbons (Fsp3) is 0.286. The third-order valence-corrected chi connectivity index (χ3v) is 5.61. The molecule has 2 rings (SSSR count). The molecule has 0 aliphatic carbocycles. The summed E-state index contributed by atoms with van der Waals surface area (Å²) >= 11 is 0. The second kappa shape index (κ2) is 10.6. The highest BCUT2D eigenvalue weighted by molar-refractivity contribution is 7.92. The second-order valence-electron chi connectivity index (χ2n) is 6.75. The molecule has 0 aliphatic rings. The molecule has 1 N–H and O–H groups in total. The molecule has 0 atom stereocenters. The Morgan fingerprint density at radius 2 is 1.84 bits per heavy atom. The smallest absolute Gasteiger partial charge is 0.493 e. The lowest BCUT2D eigenvalue weighted by molar-refractivity contribution is -0.119. The molecular weight excluding hydrogens is 438 g/mol. The molecule has 32 heavy (non-hydrogen) atoms. The van der Waals surface area contributed by atoms with Crippen LogP contribution in [-0.2, 0) is 19.6 Å². The van der Waals surface area contributed by atoms with Gasteiger partial charge in [0.1, 0.15) is 6.54 Å². The molecule has 0 saturated carbocycles. The van der Waals surface area contributed by atoms with Gasteiger partial charge in [0, 0.05) is 0 Å². The van der Waals surface area contributed by atoms with Gasteiger partial charge < -0.3 is 14.2 Å². The molecule has 2 aromatic carbocycles. The van der Waals surface area contributed by atoms with Crippen molar-refractivity contribution in [1.82, 2.24) is 5.43 Å². The van der Waals surface area contributed by atoms with E-state index >= 15 is 0 Å². The maximum absolute atomic E-state index is 12.4. The Kier molecular flexibility index (Phi) is 8.19. The molecular formula is C21H25N3O7S. The highest BCUT2D eigenvalue weighted by atomic mass is 32.2. The predicted molar refractivity (Wildman–Crippen MR) is 120 cm³/mol. The molecule has 0 radical (unpaired) electrons. The van der Waals surface area contributed by atoms with Crippen LogP contribution >= 0.6 is 0 Å². The Bertz CT molecular complexity index is 1130. The zero-order valence-corrected chi connectivity index (χ0v) is 19.2. The number of nitrogens with one attached hydrogen (secondary N) is 1. The third kappa shape index (κ3) is 6.45. The number of hydrazone groups is 1. The van der Waals surface area contributed by atoms with Crippen molar-refractivity contribution in [2.24, 2.45) is 5.10 Å². The normalized spacial score (nSPS) is 11.2. The molecule has 10 nitrogen and oxygen atoms in total. The summed E-state index contributed by atoms with van der Waals surface area (Å²) in [6, 6.07) is 9.82. The van der Waals surface area contributed by atoms with E-state index in [-0.39, 0.29) is 11.5 Å². The first-order valence-corrected chi connectivity index (χ1v) is 11.2. The molecule has 0 spiro atoms. The lowest BCUT2D eigenvalue weighted by Gasteiger charge is -2.23. The summed E-state index contributed by atoms with van der Waals surface area (Å²) in [5.74, 6) is -0.216. The van der Waals surface area contributed by atoms with Gasteiger partial charge in [0.25, 0.3) is 5.91 Å². The Labute approximate surface area is 186 Å². The molecule has 172 valence electrons. The standard InChI is InChI=1S/C21H25N3O7S/c1-14-7-6-8-17(15(14)2)24(32(5,27)28)13-20(25)23-22-12-16-9-10-18(19(11-16)29-3)31-21(26)30-4/h6-12H,13H2,1-5H3,(H,23,25)/b22-12-. The van der Waals surface area contributed by atoms with E-state index in [9.17, 15) is 18.0 Å². The van der Waals surface area contributed by atoms with Crippen LogP contribution in [-0.4, -0.2) is 53.7 Å². The minimum atomic E-state index is -3.70. The van der Waals surface area contributed by atoms with E-state index in [1.54, 1.807) is 25.1 Å². The van der Waals surface area contributed by atoms with Gasteiger partial charge in [-0.3, -0.25) is 9.10 Å². The average molecular weight is 464 g/mol. The van der Waals surface area contributed by atoms with Crippen LogP contribution in [0.1, 0.15) is 16.7 Å². The summed E-state index contributed by atoms with van der Waals surface area (Å²) in [7, 11) is -1.12. The number of anilines is 1. The summed E-state index contributed by atoms with van der Waals surface area (Å²) in [6.07, 6.45) is 1.48. The Morgan fingerprint density at radius 3 is 2.47 bits per heavy atom. The minimum absolute atomic E-state index is 0.151. The predicted octanol–water partition coefficient (Wildman–Crippen LogP) is 2.37. The molecule has 11 heteroatoms. The fourth-order valence-corrected chi connectivity index (χ4v) is 3.62. The molecule has 2 aromatic rings. The van der Waals surface area contributed by atoms with Gasteiger partial charge in [0.05, 0.1) is 32.4 Å². The van der Waals surface area contributed by atoms with Gasteiger partial charge in [-0.05, 0) is 54.8 Å². The fourth-order valence-electron chi connectivity index (χ4n) is 2.71. The van der Waals surface area contributed by atoms with Crippen LogP contribution < -0.4 is 19.2 Å². The van der Waals surface area contributed by atoms with Crippen LogP contribution in [0.4, 0.5) is 10.5 Å². The monoisotopic (exact) mass is 463 g/mol. The van der Waals surface area contributed by atoms with E-state index in [2.05, 4.69) is 15.3 Å². The van der Waals surface area contributed by atoms with Crippen LogP contribution in [0.5, 0.6) is 11.5 Å². The van der Waals surface area contributed by atoms with Crippen LogP contribution in [0, 0.1) is 13.8 Å². The lowest BCUT2D eigenvalue weighted by Crippen LogP contribution is -2.39. The Hall–Kier alpha value is -3.60. The SMILES string of the molecule is COC(=O)Oc1ccc(/C=N\NC(=O)CN(c2cccc(C)c2C)S(C)(=O)=O)cc1OC. The minimum Gasteiger partial charge on any atom is -0.493 e. The van der Waals surface area contributed by atoms with Crippen LogP contribution in [0.15, 0.2) is 41.5 Å². The largest absolute Gasteiger partial charge is 0.513 e. The number of benzene rings is 2. The summed E-state index contributed by atoms with van der Waals surface area (Å²) in [5, 5.41) is 3.86. The van der Waals surface area contributed by atoms with Gasteiger partial charge in [-0.1, -0.05) is 12.1 Å². The zero-order valence-electron chi connectivity index (χ0n) is 18.4. The molecule has 0 aromatic heterocycles. The summed E-state index contributed by atoms with van der Waals surface area (Å²) < 4.78 is 40.1. The number of hydrogen-bond donors (Lipinski definition) is 1. The van der Waals surface area contributed by atoms with Crippen LogP contribution in [0.2, 0.25) is 0 Å². The molecule has 0 heterocycles. The number of carbonyl (C=O) groups excluding carboxylic acids is 2. The average Bonchev–Trinajstić information content (AvgIpc) is 2.74. The Balaban J connectivity index is 2.12. The number of carbonyl (C=O) groups is 2. The summed E-state index contributed by atoms with van der Waals surface area (Å²) in [6.45, 7) is 3.22. The van der Waals surface area contributed by atoms with Gasteiger partial charge in [0.15, 0.2) is 11.5 Å². The summed E-state index contributed by atoms with van der Waals surface area (Å²) in [5.41, 5.74) is 4.94. The van der Waals surface area contributed by atoms with E-state index in [0.717, 1.165) is 21.7 Å². The van der Waals surface area contributed by atoms with Crippen molar-refractivity contribution in [2.75, 3.05) is 31.3 Å². The first-order valence-electron chi connectivity index (χ1n) is 9.36. The van der Waals surface area contributed by atoms with Gasteiger partial charge in [-0.2, -0.15) is 5.10 Å². The van der Waals surface area contributed by atoms with Crippen molar-refractivity contribution in [2.45, 2.75) is 13.8 Å². The molecule has 0 unspecified atom stereocenters. The molecule has 0 saturated heterocycles. The summed E-state index contributed by atoms with van der Waals surface area (Å²) in [4.78, 5) is 23.6.